The van der Waals surface area contributed by atoms with E-state index in [1.54, 1.807) is 0 Å². The molecule has 0 unspecified atom stereocenters. The fourth-order valence-corrected chi connectivity index (χ4v) is 2.10. The number of halogens is 2. The highest BCUT2D eigenvalue weighted by atomic mass is 19.3. The van der Waals surface area contributed by atoms with E-state index in [9.17, 15) is 13.6 Å². The van der Waals surface area contributed by atoms with Gasteiger partial charge in [-0.25, -0.2) is 8.78 Å². The van der Waals surface area contributed by atoms with Crippen LogP contribution in [0.1, 0.15) is 30.9 Å². The lowest BCUT2D eigenvalue weighted by molar-refractivity contribution is -0.133. The molecule has 0 heterocycles. The van der Waals surface area contributed by atoms with Gasteiger partial charge in [-0.1, -0.05) is 37.6 Å². The van der Waals surface area contributed by atoms with Crippen LogP contribution in [-0.2, 0) is 17.6 Å². The summed E-state index contributed by atoms with van der Waals surface area (Å²) in [5.41, 5.74) is 2.02. The fourth-order valence-electron chi connectivity index (χ4n) is 2.10. The molecule has 0 aliphatic carbocycles. The summed E-state index contributed by atoms with van der Waals surface area (Å²) < 4.78 is 24.8. The second kappa shape index (κ2) is 9.45. The Bertz CT molecular complexity index is 421. The molecule has 0 aliphatic heterocycles. The normalized spacial score (nSPS) is 10.9. The predicted octanol–water partition coefficient (Wildman–Crippen LogP) is 2.66. The van der Waals surface area contributed by atoms with E-state index in [2.05, 4.69) is 6.92 Å². The molecular formula is C16H23F2NO2. The zero-order valence-corrected chi connectivity index (χ0v) is 12.4. The van der Waals surface area contributed by atoms with Crippen molar-refractivity contribution < 1.29 is 18.7 Å². The molecule has 21 heavy (non-hydrogen) atoms. The second-order valence-electron chi connectivity index (χ2n) is 5.05. The number of alkyl halides is 2. The van der Waals surface area contributed by atoms with Crippen LogP contribution in [0.2, 0.25) is 0 Å². The van der Waals surface area contributed by atoms with Crippen molar-refractivity contribution in [3.05, 3.63) is 35.4 Å². The van der Waals surface area contributed by atoms with Crippen molar-refractivity contribution in [2.45, 2.75) is 39.0 Å². The van der Waals surface area contributed by atoms with E-state index in [1.807, 2.05) is 24.3 Å². The lowest BCUT2D eigenvalue weighted by atomic mass is 10.0. The minimum atomic E-state index is -2.59. The summed E-state index contributed by atoms with van der Waals surface area (Å²) in [6.45, 7) is 1.13. The molecule has 5 heteroatoms. The number of carbonyl (C=O) groups is 1. The molecule has 1 N–H and O–H groups in total. The van der Waals surface area contributed by atoms with Crippen LogP contribution in [0.3, 0.4) is 0 Å². The van der Waals surface area contributed by atoms with Gasteiger partial charge in [-0.2, -0.15) is 0 Å². The molecule has 1 amide bonds. The van der Waals surface area contributed by atoms with Crippen molar-refractivity contribution >= 4 is 5.91 Å². The predicted molar refractivity (Wildman–Crippen MR) is 78.4 cm³/mol. The first kappa shape index (κ1) is 17.6. The topological polar surface area (TPSA) is 40.5 Å². The fraction of sp³-hybridized carbons (Fsp3) is 0.562. The molecule has 0 atom stereocenters. The number of nitrogens with zero attached hydrogens (tertiary/aromatic N) is 1. The van der Waals surface area contributed by atoms with Crippen molar-refractivity contribution in [3.8, 4) is 0 Å². The maximum Gasteiger partial charge on any atom is 0.255 e. The van der Waals surface area contributed by atoms with Crippen molar-refractivity contribution in [1.29, 1.82) is 0 Å². The van der Waals surface area contributed by atoms with Gasteiger partial charge in [0.2, 0.25) is 5.91 Å². The molecule has 0 saturated carbocycles. The van der Waals surface area contributed by atoms with Crippen LogP contribution in [0.5, 0.6) is 0 Å². The standard InChI is InChI=1S/C16H23F2NO2/c1-2-3-4-13-5-7-14(8-6-13)11-16(21)19(9-10-20)12-15(17)18/h5-8,15,20H,2-4,9-12H2,1H3. The molecule has 0 aromatic heterocycles. The average Bonchev–Trinajstić information content (AvgIpc) is 2.45. The summed E-state index contributed by atoms with van der Waals surface area (Å²) in [5.74, 6) is -0.384. The number of aryl methyl sites for hydroxylation is 1. The molecule has 3 nitrogen and oxygen atoms in total. The third kappa shape index (κ3) is 6.67. The summed E-state index contributed by atoms with van der Waals surface area (Å²) in [5, 5.41) is 8.84. The quantitative estimate of drug-likeness (QED) is 0.761. The molecule has 1 aromatic rings. The first-order valence-corrected chi connectivity index (χ1v) is 7.31. The third-order valence-electron chi connectivity index (χ3n) is 3.28. The van der Waals surface area contributed by atoms with Crippen molar-refractivity contribution in [2.24, 2.45) is 0 Å². The summed E-state index contributed by atoms with van der Waals surface area (Å²) >= 11 is 0. The Morgan fingerprint density at radius 3 is 2.38 bits per heavy atom. The Morgan fingerprint density at radius 2 is 1.86 bits per heavy atom. The van der Waals surface area contributed by atoms with Gasteiger partial charge in [0.1, 0.15) is 0 Å². The number of aliphatic hydroxyl groups excluding tert-OH is 1. The number of rotatable bonds is 9. The Balaban J connectivity index is 2.59. The Kier molecular flexibility index (Phi) is 7.90. The summed E-state index contributed by atoms with van der Waals surface area (Å²) in [6.07, 6.45) is 0.756. The van der Waals surface area contributed by atoms with Gasteiger partial charge in [0.25, 0.3) is 6.43 Å². The largest absolute Gasteiger partial charge is 0.395 e. The van der Waals surface area contributed by atoms with Crippen LogP contribution in [0.25, 0.3) is 0 Å². The van der Waals surface area contributed by atoms with E-state index in [4.69, 9.17) is 5.11 Å². The van der Waals surface area contributed by atoms with Crippen LogP contribution in [-0.4, -0.2) is 42.0 Å². The highest BCUT2D eigenvalue weighted by Gasteiger charge is 2.17. The molecule has 0 aliphatic rings. The molecule has 0 fully saturated rings. The van der Waals surface area contributed by atoms with Crippen molar-refractivity contribution in [3.63, 3.8) is 0 Å². The minimum absolute atomic E-state index is 0.0578. The smallest absolute Gasteiger partial charge is 0.255 e. The molecule has 1 aromatic carbocycles. The minimum Gasteiger partial charge on any atom is -0.395 e. The number of unbranched alkanes of at least 4 members (excludes halogenated alkanes) is 1. The molecule has 0 bridgehead atoms. The van der Waals surface area contributed by atoms with Crippen LogP contribution in [0.15, 0.2) is 24.3 Å². The van der Waals surface area contributed by atoms with Gasteiger partial charge in [-0.05, 0) is 24.0 Å². The van der Waals surface area contributed by atoms with Crippen LogP contribution in [0.4, 0.5) is 8.78 Å². The summed E-state index contributed by atoms with van der Waals surface area (Å²) in [7, 11) is 0. The number of hydrogen-bond donors (Lipinski definition) is 1. The maximum atomic E-state index is 12.4. The molecule has 0 radical (unpaired) electrons. The van der Waals surface area contributed by atoms with Gasteiger partial charge in [0.15, 0.2) is 0 Å². The highest BCUT2D eigenvalue weighted by molar-refractivity contribution is 5.78. The van der Waals surface area contributed by atoms with Gasteiger partial charge < -0.3 is 10.0 Å². The van der Waals surface area contributed by atoms with Gasteiger partial charge >= 0.3 is 0 Å². The maximum absolute atomic E-state index is 12.4. The van der Waals surface area contributed by atoms with Gasteiger partial charge in [0.05, 0.1) is 19.6 Å². The van der Waals surface area contributed by atoms with Gasteiger partial charge in [-0.3, -0.25) is 4.79 Å². The monoisotopic (exact) mass is 299 g/mol. The number of amides is 1. The lowest BCUT2D eigenvalue weighted by Gasteiger charge is -2.21. The zero-order valence-electron chi connectivity index (χ0n) is 12.4. The second-order valence-corrected chi connectivity index (χ2v) is 5.05. The average molecular weight is 299 g/mol. The van der Waals surface area contributed by atoms with Gasteiger partial charge in [0, 0.05) is 6.54 Å². The summed E-state index contributed by atoms with van der Waals surface area (Å²) in [6, 6.07) is 7.67. The van der Waals surface area contributed by atoms with Gasteiger partial charge in [-0.15, -0.1) is 0 Å². The van der Waals surface area contributed by atoms with E-state index in [0.717, 1.165) is 29.7 Å². The van der Waals surface area contributed by atoms with Crippen molar-refractivity contribution in [1.82, 2.24) is 4.90 Å². The SMILES string of the molecule is CCCCc1ccc(CC(=O)N(CCO)CC(F)F)cc1. The molecular weight excluding hydrogens is 276 g/mol. The molecule has 0 saturated heterocycles. The van der Waals surface area contributed by atoms with E-state index in [0.29, 0.717) is 0 Å². The molecule has 1 rings (SSSR count). The highest BCUT2D eigenvalue weighted by Crippen LogP contribution is 2.10. The van der Waals surface area contributed by atoms with E-state index in [-0.39, 0.29) is 25.5 Å². The number of carbonyl (C=O) groups excluding carboxylic acids is 1. The molecule has 0 spiro atoms. The first-order valence-electron chi connectivity index (χ1n) is 7.31. The van der Waals surface area contributed by atoms with E-state index < -0.39 is 13.0 Å². The lowest BCUT2D eigenvalue weighted by Crippen LogP contribution is -2.38. The van der Waals surface area contributed by atoms with Crippen LogP contribution >= 0.6 is 0 Å². The Labute approximate surface area is 124 Å². The third-order valence-corrected chi connectivity index (χ3v) is 3.28. The number of aliphatic hydroxyl groups is 1. The van der Waals surface area contributed by atoms with Crippen LogP contribution in [0, 0.1) is 0 Å². The Morgan fingerprint density at radius 1 is 1.24 bits per heavy atom. The van der Waals surface area contributed by atoms with E-state index in [1.165, 1.54) is 5.56 Å². The number of hydrogen-bond acceptors (Lipinski definition) is 2. The zero-order chi connectivity index (χ0) is 15.7. The summed E-state index contributed by atoms with van der Waals surface area (Å²) in [4.78, 5) is 13.0. The number of benzene rings is 1. The Hall–Kier alpha value is -1.49. The first-order chi connectivity index (χ1) is 10.1. The molecule has 118 valence electrons. The van der Waals surface area contributed by atoms with E-state index >= 15 is 0 Å². The van der Waals surface area contributed by atoms with Crippen LogP contribution < -0.4 is 0 Å². The van der Waals surface area contributed by atoms with Crippen molar-refractivity contribution in [2.75, 3.05) is 19.7 Å².